The Labute approximate surface area is 159 Å². The van der Waals surface area contributed by atoms with E-state index in [9.17, 15) is 0 Å². The Bertz CT molecular complexity index is 1090. The van der Waals surface area contributed by atoms with E-state index in [-0.39, 0.29) is 0 Å². The van der Waals surface area contributed by atoms with Gasteiger partial charge >= 0.3 is 0 Å². The van der Waals surface area contributed by atoms with Crippen molar-refractivity contribution in [2.75, 3.05) is 31.2 Å². The molecule has 8 nitrogen and oxygen atoms in total. The zero-order chi connectivity index (χ0) is 18.2. The third-order valence-corrected chi connectivity index (χ3v) is 5.43. The SMILES string of the molecule is Cc1c(-c2ccnc(N3CCOCC3)n2)cnc2nc(-c3cccs3)nn12. The monoisotopic (exact) mass is 379 g/mol. The van der Waals surface area contributed by atoms with Crippen molar-refractivity contribution in [1.82, 2.24) is 29.5 Å². The minimum absolute atomic E-state index is 0.585. The van der Waals surface area contributed by atoms with Crippen LogP contribution in [-0.2, 0) is 4.74 Å². The van der Waals surface area contributed by atoms with E-state index in [1.54, 1.807) is 22.0 Å². The van der Waals surface area contributed by atoms with Gasteiger partial charge in [-0.15, -0.1) is 16.4 Å². The molecular weight excluding hydrogens is 362 g/mol. The van der Waals surface area contributed by atoms with E-state index in [2.05, 4.69) is 25.0 Å². The van der Waals surface area contributed by atoms with E-state index in [4.69, 9.17) is 9.72 Å². The third-order valence-electron chi connectivity index (χ3n) is 4.56. The summed E-state index contributed by atoms with van der Waals surface area (Å²) in [6.07, 6.45) is 3.60. The molecule has 0 radical (unpaired) electrons. The second-order valence-corrected chi connectivity index (χ2v) is 7.17. The third kappa shape index (κ3) is 2.94. The van der Waals surface area contributed by atoms with Crippen molar-refractivity contribution in [2.24, 2.45) is 0 Å². The molecule has 27 heavy (non-hydrogen) atoms. The summed E-state index contributed by atoms with van der Waals surface area (Å²) in [5.74, 6) is 1.99. The Morgan fingerprint density at radius 3 is 2.81 bits per heavy atom. The lowest BCUT2D eigenvalue weighted by atomic mass is 10.2. The number of thiophene rings is 1. The van der Waals surface area contributed by atoms with Gasteiger partial charge in [-0.05, 0) is 24.4 Å². The molecule has 0 amide bonds. The number of aryl methyl sites for hydroxylation is 1. The molecule has 5 heterocycles. The van der Waals surface area contributed by atoms with Crippen LogP contribution < -0.4 is 4.90 Å². The van der Waals surface area contributed by atoms with Gasteiger partial charge in [0.25, 0.3) is 5.78 Å². The maximum atomic E-state index is 5.41. The van der Waals surface area contributed by atoms with Crippen LogP contribution in [0.3, 0.4) is 0 Å². The number of ether oxygens (including phenoxy) is 1. The lowest BCUT2D eigenvalue weighted by Gasteiger charge is -2.26. The Balaban J connectivity index is 1.56. The Hall–Kier alpha value is -2.91. The number of anilines is 1. The second kappa shape index (κ2) is 6.67. The molecule has 0 aliphatic carbocycles. The van der Waals surface area contributed by atoms with E-state index in [1.165, 1.54) is 0 Å². The van der Waals surface area contributed by atoms with Crippen LogP contribution in [0.15, 0.2) is 36.0 Å². The lowest BCUT2D eigenvalue weighted by molar-refractivity contribution is 0.122. The van der Waals surface area contributed by atoms with E-state index < -0.39 is 0 Å². The van der Waals surface area contributed by atoms with Crippen molar-refractivity contribution in [2.45, 2.75) is 6.92 Å². The van der Waals surface area contributed by atoms with Crippen LogP contribution in [-0.4, -0.2) is 55.9 Å². The van der Waals surface area contributed by atoms with Crippen LogP contribution in [0, 0.1) is 6.92 Å². The summed E-state index contributed by atoms with van der Waals surface area (Å²) < 4.78 is 7.19. The zero-order valence-corrected chi connectivity index (χ0v) is 15.6. The highest BCUT2D eigenvalue weighted by Gasteiger charge is 2.17. The first-order valence-corrected chi connectivity index (χ1v) is 9.60. The van der Waals surface area contributed by atoms with Crippen LogP contribution in [0.25, 0.3) is 27.7 Å². The van der Waals surface area contributed by atoms with Crippen molar-refractivity contribution >= 4 is 23.1 Å². The van der Waals surface area contributed by atoms with Gasteiger partial charge in [-0.1, -0.05) is 6.07 Å². The topological polar surface area (TPSA) is 81.3 Å². The Kier molecular flexibility index (Phi) is 4.02. The molecular formula is C18H17N7OS. The lowest BCUT2D eigenvalue weighted by Crippen LogP contribution is -2.37. The van der Waals surface area contributed by atoms with Crippen LogP contribution in [0.2, 0.25) is 0 Å². The minimum Gasteiger partial charge on any atom is -0.378 e. The summed E-state index contributed by atoms with van der Waals surface area (Å²) in [5, 5.41) is 6.65. The molecule has 4 aromatic rings. The van der Waals surface area contributed by atoms with Crippen LogP contribution >= 0.6 is 11.3 Å². The van der Waals surface area contributed by atoms with Crippen molar-refractivity contribution in [3.8, 4) is 22.0 Å². The molecule has 0 bridgehead atoms. The summed E-state index contributed by atoms with van der Waals surface area (Å²) in [5.41, 5.74) is 2.69. The average molecular weight is 379 g/mol. The molecule has 0 atom stereocenters. The van der Waals surface area contributed by atoms with Crippen molar-refractivity contribution in [3.63, 3.8) is 0 Å². The van der Waals surface area contributed by atoms with Gasteiger partial charge in [0.1, 0.15) is 0 Å². The Morgan fingerprint density at radius 1 is 1.11 bits per heavy atom. The predicted molar refractivity (Wildman–Crippen MR) is 103 cm³/mol. The standard InChI is InChI=1S/C18H17N7OS/c1-12-13(14-4-5-19-17(21-14)24-6-8-26-9-7-24)11-20-18-22-16(23-25(12)18)15-3-2-10-27-15/h2-5,10-11H,6-9H2,1H3. The molecule has 5 rings (SSSR count). The molecule has 0 N–H and O–H groups in total. The summed E-state index contributed by atoms with van der Waals surface area (Å²) in [4.78, 5) is 21.4. The second-order valence-electron chi connectivity index (χ2n) is 6.22. The van der Waals surface area contributed by atoms with Gasteiger partial charge in [-0.3, -0.25) is 0 Å². The van der Waals surface area contributed by atoms with E-state index in [0.29, 0.717) is 30.8 Å². The maximum absolute atomic E-state index is 5.41. The molecule has 1 fully saturated rings. The number of morpholine rings is 1. The largest absolute Gasteiger partial charge is 0.378 e. The summed E-state index contributed by atoms with van der Waals surface area (Å²) in [6.45, 7) is 5.00. The fourth-order valence-corrected chi connectivity index (χ4v) is 3.77. The molecule has 1 aliphatic rings. The zero-order valence-electron chi connectivity index (χ0n) is 14.7. The molecule has 9 heteroatoms. The predicted octanol–water partition coefficient (Wildman–Crippen LogP) is 2.45. The first-order valence-electron chi connectivity index (χ1n) is 8.72. The van der Waals surface area contributed by atoms with Crippen molar-refractivity contribution in [3.05, 3.63) is 41.7 Å². The normalized spacial score (nSPS) is 14.8. The van der Waals surface area contributed by atoms with Gasteiger partial charge in [0, 0.05) is 31.0 Å². The Morgan fingerprint density at radius 2 is 2.00 bits per heavy atom. The van der Waals surface area contributed by atoms with Crippen LogP contribution in [0.5, 0.6) is 0 Å². The molecule has 0 unspecified atom stereocenters. The van der Waals surface area contributed by atoms with Gasteiger partial charge < -0.3 is 9.64 Å². The van der Waals surface area contributed by atoms with Gasteiger partial charge in [-0.25, -0.2) is 19.5 Å². The number of hydrogen-bond donors (Lipinski definition) is 0. The first-order chi connectivity index (χ1) is 13.3. The van der Waals surface area contributed by atoms with Gasteiger partial charge in [0.05, 0.1) is 29.5 Å². The molecule has 0 aromatic carbocycles. The van der Waals surface area contributed by atoms with E-state index in [1.807, 2.05) is 36.7 Å². The molecule has 136 valence electrons. The highest BCUT2D eigenvalue weighted by Crippen LogP contribution is 2.25. The first kappa shape index (κ1) is 16.3. The molecule has 4 aromatic heterocycles. The van der Waals surface area contributed by atoms with Gasteiger partial charge in [-0.2, -0.15) is 4.98 Å². The molecule has 0 saturated carbocycles. The number of hydrogen-bond acceptors (Lipinski definition) is 8. The van der Waals surface area contributed by atoms with E-state index >= 15 is 0 Å². The number of fused-ring (bicyclic) bond motifs is 1. The number of aromatic nitrogens is 6. The number of rotatable bonds is 3. The maximum Gasteiger partial charge on any atom is 0.252 e. The average Bonchev–Trinajstić information content (AvgIpc) is 3.39. The minimum atomic E-state index is 0.585. The van der Waals surface area contributed by atoms with E-state index in [0.717, 1.165) is 34.9 Å². The molecule has 1 saturated heterocycles. The van der Waals surface area contributed by atoms with Crippen LogP contribution in [0.1, 0.15) is 5.69 Å². The van der Waals surface area contributed by atoms with Crippen molar-refractivity contribution in [1.29, 1.82) is 0 Å². The molecule has 0 spiro atoms. The van der Waals surface area contributed by atoms with Gasteiger partial charge in [0.15, 0.2) is 5.82 Å². The van der Waals surface area contributed by atoms with Gasteiger partial charge in [0.2, 0.25) is 5.95 Å². The molecule has 1 aliphatic heterocycles. The number of nitrogens with zero attached hydrogens (tertiary/aromatic N) is 7. The fraction of sp³-hybridized carbons (Fsp3) is 0.278. The highest BCUT2D eigenvalue weighted by atomic mass is 32.1. The summed E-state index contributed by atoms with van der Waals surface area (Å²) >= 11 is 1.61. The smallest absolute Gasteiger partial charge is 0.252 e. The highest BCUT2D eigenvalue weighted by molar-refractivity contribution is 7.13. The van der Waals surface area contributed by atoms with Crippen molar-refractivity contribution < 1.29 is 4.74 Å². The van der Waals surface area contributed by atoms with Crippen LogP contribution in [0.4, 0.5) is 5.95 Å². The summed E-state index contributed by atoms with van der Waals surface area (Å²) in [7, 11) is 0. The fourth-order valence-electron chi connectivity index (χ4n) is 3.12. The quantitative estimate of drug-likeness (QED) is 0.541. The summed E-state index contributed by atoms with van der Waals surface area (Å²) in [6, 6.07) is 5.90.